The summed E-state index contributed by atoms with van der Waals surface area (Å²) in [7, 11) is 1.91. The Bertz CT molecular complexity index is 748. The highest BCUT2D eigenvalue weighted by Crippen LogP contribution is 2.40. The van der Waals surface area contributed by atoms with E-state index in [0.29, 0.717) is 0 Å². The van der Waals surface area contributed by atoms with Crippen LogP contribution in [-0.2, 0) is 0 Å². The predicted molar refractivity (Wildman–Crippen MR) is 89.7 cm³/mol. The minimum Gasteiger partial charge on any atom is -0.308 e. The fraction of sp³-hybridized carbons (Fsp3) is 0.143. The molecule has 0 saturated heterocycles. The number of benzene rings is 1. The van der Waals surface area contributed by atoms with E-state index >= 15 is 0 Å². The summed E-state index contributed by atoms with van der Waals surface area (Å²) in [5, 5.41) is 5.08. The summed E-state index contributed by atoms with van der Waals surface area (Å²) < 4.78 is 15.2. The Morgan fingerprint density at radius 2 is 1.95 bits per heavy atom. The summed E-state index contributed by atoms with van der Waals surface area (Å²) in [4.78, 5) is 2.29. The first-order chi connectivity index (χ1) is 9.58. The highest BCUT2D eigenvalue weighted by molar-refractivity contribution is 9.11. The van der Waals surface area contributed by atoms with Crippen molar-refractivity contribution in [3.8, 4) is 0 Å². The zero-order chi connectivity index (χ0) is 14.3. The molecule has 0 spiro atoms. The van der Waals surface area contributed by atoms with Gasteiger partial charge in [0, 0.05) is 14.5 Å². The van der Waals surface area contributed by atoms with Crippen LogP contribution in [-0.4, -0.2) is 7.05 Å². The van der Waals surface area contributed by atoms with Crippen LogP contribution in [0.3, 0.4) is 0 Å². The van der Waals surface area contributed by atoms with E-state index in [1.165, 1.54) is 6.07 Å². The largest absolute Gasteiger partial charge is 0.308 e. The lowest BCUT2D eigenvalue weighted by molar-refractivity contribution is 0.630. The van der Waals surface area contributed by atoms with Crippen LogP contribution in [0, 0.1) is 5.82 Å². The fourth-order valence-electron chi connectivity index (χ4n) is 2.10. The summed E-state index contributed by atoms with van der Waals surface area (Å²) in [6.07, 6.45) is 0. The number of hydrogen-bond donors (Lipinski definition) is 1. The van der Waals surface area contributed by atoms with Crippen molar-refractivity contribution in [3.63, 3.8) is 0 Å². The van der Waals surface area contributed by atoms with E-state index in [1.807, 2.05) is 19.2 Å². The first-order valence-electron chi connectivity index (χ1n) is 5.89. The van der Waals surface area contributed by atoms with Gasteiger partial charge in [-0.2, -0.15) is 0 Å². The van der Waals surface area contributed by atoms with E-state index in [9.17, 15) is 4.39 Å². The number of hydrogen-bond acceptors (Lipinski definition) is 3. The number of fused-ring (bicyclic) bond motifs is 1. The van der Waals surface area contributed by atoms with Gasteiger partial charge in [0.2, 0.25) is 0 Å². The van der Waals surface area contributed by atoms with Gasteiger partial charge in [0.1, 0.15) is 5.82 Å². The van der Waals surface area contributed by atoms with Gasteiger partial charge in [0.15, 0.2) is 0 Å². The SMILES string of the molecule is CNC(c1cc(Cl)c(Br)s1)c1cc2ccc(F)cc2s1. The quantitative estimate of drug-likeness (QED) is 0.593. The molecular formula is C14H10BrClFNS2. The van der Waals surface area contributed by atoms with Crippen molar-refractivity contribution in [1.82, 2.24) is 5.32 Å². The van der Waals surface area contributed by atoms with Crippen molar-refractivity contribution in [2.45, 2.75) is 6.04 Å². The third-order valence-electron chi connectivity index (χ3n) is 3.02. The van der Waals surface area contributed by atoms with Crippen LogP contribution in [0.5, 0.6) is 0 Å². The lowest BCUT2D eigenvalue weighted by Gasteiger charge is -2.11. The van der Waals surface area contributed by atoms with Crippen LogP contribution in [0.25, 0.3) is 10.1 Å². The third kappa shape index (κ3) is 2.65. The molecule has 0 fully saturated rings. The van der Waals surface area contributed by atoms with Crippen molar-refractivity contribution in [2.75, 3.05) is 7.05 Å². The van der Waals surface area contributed by atoms with E-state index < -0.39 is 0 Å². The Labute approximate surface area is 137 Å². The van der Waals surface area contributed by atoms with Gasteiger partial charge in [-0.1, -0.05) is 17.7 Å². The Morgan fingerprint density at radius 3 is 2.60 bits per heavy atom. The minimum absolute atomic E-state index is 0.0734. The average Bonchev–Trinajstić information content (AvgIpc) is 2.95. The molecule has 3 aromatic rings. The topological polar surface area (TPSA) is 12.0 Å². The van der Waals surface area contributed by atoms with Crippen LogP contribution >= 0.6 is 50.2 Å². The standard InChI is InChI=1S/C14H10BrClFNS2/c1-18-13(12-6-9(16)14(15)20-12)11-4-7-2-3-8(17)5-10(7)19-11/h2-6,13,18H,1H3. The Balaban J connectivity index is 2.06. The molecule has 1 nitrogen and oxygen atoms in total. The van der Waals surface area contributed by atoms with Gasteiger partial charge in [-0.25, -0.2) is 4.39 Å². The second kappa shape index (κ2) is 5.73. The lowest BCUT2D eigenvalue weighted by atomic mass is 10.2. The lowest BCUT2D eigenvalue weighted by Crippen LogP contribution is -2.14. The third-order valence-corrected chi connectivity index (χ3v) is 6.73. The van der Waals surface area contributed by atoms with Gasteiger partial charge in [-0.15, -0.1) is 22.7 Å². The van der Waals surface area contributed by atoms with Gasteiger partial charge in [-0.3, -0.25) is 0 Å². The Morgan fingerprint density at radius 1 is 1.20 bits per heavy atom. The molecule has 0 radical (unpaired) electrons. The molecule has 1 aromatic carbocycles. The van der Waals surface area contributed by atoms with Crippen LogP contribution in [0.15, 0.2) is 34.1 Å². The van der Waals surface area contributed by atoms with Gasteiger partial charge in [0.05, 0.1) is 14.9 Å². The maximum absolute atomic E-state index is 13.3. The summed E-state index contributed by atoms with van der Waals surface area (Å²) in [6, 6.07) is 9.02. The molecule has 1 atom stereocenters. The summed E-state index contributed by atoms with van der Waals surface area (Å²) >= 11 is 12.8. The zero-order valence-corrected chi connectivity index (χ0v) is 14.4. The number of thiophene rings is 2. The molecule has 20 heavy (non-hydrogen) atoms. The molecule has 3 rings (SSSR count). The molecule has 2 aromatic heterocycles. The molecule has 104 valence electrons. The second-order valence-electron chi connectivity index (χ2n) is 4.32. The predicted octanol–water partition coefficient (Wildman–Crippen LogP) is 5.83. The Kier molecular flexibility index (Phi) is 4.15. The average molecular weight is 391 g/mol. The van der Waals surface area contributed by atoms with E-state index in [4.69, 9.17) is 11.6 Å². The van der Waals surface area contributed by atoms with Crippen molar-refractivity contribution >= 4 is 60.3 Å². The number of halogens is 3. The molecule has 0 bridgehead atoms. The highest BCUT2D eigenvalue weighted by atomic mass is 79.9. The van der Waals surface area contributed by atoms with Crippen molar-refractivity contribution < 1.29 is 4.39 Å². The highest BCUT2D eigenvalue weighted by Gasteiger charge is 2.18. The maximum Gasteiger partial charge on any atom is 0.124 e. The summed E-state index contributed by atoms with van der Waals surface area (Å²) in [5.74, 6) is -0.200. The van der Waals surface area contributed by atoms with E-state index in [-0.39, 0.29) is 11.9 Å². The van der Waals surface area contributed by atoms with Gasteiger partial charge in [0.25, 0.3) is 0 Å². The molecular weight excluding hydrogens is 381 g/mol. The van der Waals surface area contributed by atoms with E-state index in [1.54, 1.807) is 28.7 Å². The second-order valence-corrected chi connectivity index (χ2v) is 8.25. The van der Waals surface area contributed by atoms with Crippen LogP contribution in [0.2, 0.25) is 5.02 Å². The molecule has 0 aliphatic carbocycles. The van der Waals surface area contributed by atoms with Crippen LogP contribution in [0.4, 0.5) is 4.39 Å². The first kappa shape index (κ1) is 14.5. The fourth-order valence-corrected chi connectivity index (χ4v) is 5.27. The molecule has 1 N–H and O–H groups in total. The van der Waals surface area contributed by atoms with Gasteiger partial charge >= 0.3 is 0 Å². The molecule has 2 heterocycles. The minimum atomic E-state index is -0.200. The Hall–Kier alpha value is -0.460. The molecule has 1 unspecified atom stereocenters. The van der Waals surface area contributed by atoms with Gasteiger partial charge in [-0.05, 0) is 52.6 Å². The van der Waals surface area contributed by atoms with Crippen molar-refractivity contribution in [1.29, 1.82) is 0 Å². The first-order valence-corrected chi connectivity index (χ1v) is 8.70. The van der Waals surface area contributed by atoms with Crippen molar-refractivity contribution in [3.05, 3.63) is 54.7 Å². The molecule has 0 aliphatic rings. The molecule has 0 amide bonds. The van der Waals surface area contributed by atoms with Crippen LogP contribution < -0.4 is 5.32 Å². The zero-order valence-electron chi connectivity index (χ0n) is 10.4. The molecule has 0 aliphatic heterocycles. The van der Waals surface area contributed by atoms with Gasteiger partial charge < -0.3 is 5.32 Å². The van der Waals surface area contributed by atoms with E-state index in [0.717, 1.165) is 28.6 Å². The normalized spacial score (nSPS) is 13.0. The smallest absolute Gasteiger partial charge is 0.124 e. The summed E-state index contributed by atoms with van der Waals surface area (Å²) in [6.45, 7) is 0. The number of rotatable bonds is 3. The van der Waals surface area contributed by atoms with Crippen molar-refractivity contribution in [2.24, 2.45) is 0 Å². The number of nitrogens with one attached hydrogen (secondary N) is 1. The maximum atomic E-state index is 13.3. The molecule has 0 saturated carbocycles. The monoisotopic (exact) mass is 389 g/mol. The summed E-state index contributed by atoms with van der Waals surface area (Å²) in [5.41, 5.74) is 0. The van der Waals surface area contributed by atoms with Crippen LogP contribution in [0.1, 0.15) is 15.8 Å². The molecule has 6 heteroatoms. The van der Waals surface area contributed by atoms with E-state index in [2.05, 4.69) is 27.3 Å².